The molecule has 2 N–H and O–H groups in total. The van der Waals surface area contributed by atoms with Gasteiger partial charge < -0.3 is 20.1 Å². The maximum Gasteiger partial charge on any atom is 0.416 e. The lowest BCUT2D eigenvalue weighted by atomic mass is 9.86. The van der Waals surface area contributed by atoms with E-state index in [2.05, 4.69) is 17.6 Å². The zero-order chi connectivity index (χ0) is 27.7. The molecule has 10 heteroatoms. The summed E-state index contributed by atoms with van der Waals surface area (Å²) >= 11 is 0. The molecule has 7 nitrogen and oxygen atoms in total. The fourth-order valence-corrected chi connectivity index (χ4v) is 4.21. The molecule has 1 saturated carbocycles. The van der Waals surface area contributed by atoms with Crippen molar-refractivity contribution in [2.45, 2.75) is 51.7 Å². The van der Waals surface area contributed by atoms with Gasteiger partial charge in [-0.1, -0.05) is 31.9 Å². The van der Waals surface area contributed by atoms with E-state index in [0.717, 1.165) is 37.8 Å². The minimum absolute atomic E-state index is 0.0103. The number of halogens is 3. The molecular weight excluding hydrogens is 499 g/mol. The van der Waals surface area contributed by atoms with Crippen molar-refractivity contribution < 1.29 is 32.2 Å². The largest absolute Gasteiger partial charge is 0.490 e. The summed E-state index contributed by atoms with van der Waals surface area (Å²) in [4.78, 5) is 25.0. The Morgan fingerprint density at radius 1 is 1.11 bits per heavy atom. The van der Waals surface area contributed by atoms with Crippen molar-refractivity contribution in [3.05, 3.63) is 59.2 Å². The highest BCUT2D eigenvalue weighted by atomic mass is 19.4. The molecule has 1 aliphatic carbocycles. The SMILES string of the molecule is CCOc1cc(/C=C(\C#N)C(=O)N[C@H]2CCCC[C@H]2C)ccc1OCC(=O)Nc1cccc(C(F)(F)F)c1. The Hall–Kier alpha value is -4.00. The molecule has 2 amide bonds. The van der Waals surface area contributed by atoms with E-state index >= 15 is 0 Å². The van der Waals surface area contributed by atoms with E-state index < -0.39 is 30.2 Å². The van der Waals surface area contributed by atoms with E-state index in [-0.39, 0.29) is 35.4 Å². The van der Waals surface area contributed by atoms with Crippen LogP contribution in [0.3, 0.4) is 0 Å². The third kappa shape index (κ3) is 8.00. The molecule has 202 valence electrons. The molecule has 0 bridgehead atoms. The summed E-state index contributed by atoms with van der Waals surface area (Å²) in [5, 5.41) is 14.9. The van der Waals surface area contributed by atoms with Gasteiger partial charge in [-0.3, -0.25) is 9.59 Å². The number of ether oxygens (including phenoxy) is 2. The van der Waals surface area contributed by atoms with Gasteiger partial charge in [-0.05, 0) is 67.7 Å². The minimum Gasteiger partial charge on any atom is -0.490 e. The summed E-state index contributed by atoms with van der Waals surface area (Å²) in [6.07, 6.45) is 1.02. The third-order valence-corrected chi connectivity index (χ3v) is 6.20. The van der Waals surface area contributed by atoms with Gasteiger partial charge in [0.2, 0.25) is 0 Å². The second-order valence-corrected chi connectivity index (χ2v) is 9.07. The van der Waals surface area contributed by atoms with Crippen LogP contribution in [0.5, 0.6) is 11.5 Å². The Bertz CT molecular complexity index is 1220. The van der Waals surface area contributed by atoms with Crippen LogP contribution in [0.25, 0.3) is 6.08 Å². The number of alkyl halides is 3. The first-order valence-electron chi connectivity index (χ1n) is 12.4. The van der Waals surface area contributed by atoms with Crippen LogP contribution in [-0.2, 0) is 15.8 Å². The van der Waals surface area contributed by atoms with Gasteiger partial charge in [0.15, 0.2) is 18.1 Å². The molecule has 0 unspecified atom stereocenters. The van der Waals surface area contributed by atoms with Gasteiger partial charge in [0.25, 0.3) is 11.8 Å². The number of carbonyl (C=O) groups excluding carboxylic acids is 2. The number of nitrogens with zero attached hydrogens (tertiary/aromatic N) is 1. The zero-order valence-electron chi connectivity index (χ0n) is 21.2. The number of hydrogen-bond acceptors (Lipinski definition) is 5. The Morgan fingerprint density at radius 3 is 2.55 bits per heavy atom. The molecule has 0 radical (unpaired) electrons. The number of hydrogen-bond donors (Lipinski definition) is 2. The van der Waals surface area contributed by atoms with Crippen LogP contribution in [-0.4, -0.2) is 31.1 Å². The smallest absolute Gasteiger partial charge is 0.416 e. The first kappa shape index (κ1) is 28.6. The van der Waals surface area contributed by atoms with Crippen LogP contribution in [0.4, 0.5) is 18.9 Å². The number of carbonyl (C=O) groups is 2. The fraction of sp³-hybridized carbons (Fsp3) is 0.393. The summed E-state index contributed by atoms with van der Waals surface area (Å²) in [7, 11) is 0. The van der Waals surface area contributed by atoms with Gasteiger partial charge in [0.1, 0.15) is 11.6 Å². The van der Waals surface area contributed by atoms with E-state index in [0.29, 0.717) is 11.5 Å². The van der Waals surface area contributed by atoms with E-state index in [1.807, 2.05) is 6.07 Å². The summed E-state index contributed by atoms with van der Waals surface area (Å²) in [6.45, 7) is 3.65. The molecule has 2 aromatic carbocycles. The molecular formula is C28H30F3N3O4. The number of benzene rings is 2. The first-order chi connectivity index (χ1) is 18.1. The van der Waals surface area contributed by atoms with E-state index in [1.54, 1.807) is 19.1 Å². The number of amides is 2. The number of nitrogens with one attached hydrogen (secondary N) is 2. The summed E-state index contributed by atoms with van der Waals surface area (Å²) in [5.41, 5.74) is -0.405. The third-order valence-electron chi connectivity index (χ3n) is 6.20. The standard InChI is InChI=1S/C28H30F3N3O4/c1-3-37-25-14-19(13-20(16-32)27(36)34-23-10-5-4-7-18(23)2)11-12-24(25)38-17-26(35)33-22-9-6-8-21(15-22)28(29,30)31/h6,8-9,11-15,18,23H,3-5,7,10,17H2,1-2H3,(H,33,35)(H,34,36)/b20-13+/t18-,23+/m1/s1. The second kappa shape index (κ2) is 13.0. The Morgan fingerprint density at radius 2 is 1.87 bits per heavy atom. The lowest BCUT2D eigenvalue weighted by molar-refractivity contribution is -0.137. The molecule has 3 rings (SSSR count). The summed E-state index contributed by atoms with van der Waals surface area (Å²) < 4.78 is 49.8. The second-order valence-electron chi connectivity index (χ2n) is 9.07. The van der Waals surface area contributed by atoms with Crippen LogP contribution in [0, 0.1) is 17.2 Å². The van der Waals surface area contributed by atoms with Crippen molar-refractivity contribution in [2.24, 2.45) is 5.92 Å². The van der Waals surface area contributed by atoms with Gasteiger partial charge in [-0.2, -0.15) is 18.4 Å². The van der Waals surface area contributed by atoms with Gasteiger partial charge in [-0.15, -0.1) is 0 Å². The first-order valence-corrected chi connectivity index (χ1v) is 12.4. The van der Waals surface area contributed by atoms with Crippen LogP contribution >= 0.6 is 0 Å². The molecule has 2 aromatic rings. The van der Waals surface area contributed by atoms with Crippen molar-refractivity contribution >= 4 is 23.6 Å². The van der Waals surface area contributed by atoms with Crippen LogP contribution in [0.1, 0.15) is 50.7 Å². The molecule has 38 heavy (non-hydrogen) atoms. The Labute approximate surface area is 219 Å². The maximum atomic E-state index is 12.9. The van der Waals surface area contributed by atoms with E-state index in [9.17, 15) is 28.0 Å². The predicted molar refractivity (Wildman–Crippen MR) is 136 cm³/mol. The molecule has 0 saturated heterocycles. The van der Waals surface area contributed by atoms with Crippen molar-refractivity contribution in [1.29, 1.82) is 5.26 Å². The summed E-state index contributed by atoms with van der Waals surface area (Å²) in [6, 6.07) is 11.0. The fourth-order valence-electron chi connectivity index (χ4n) is 4.21. The van der Waals surface area contributed by atoms with Crippen molar-refractivity contribution in [1.82, 2.24) is 5.32 Å². The Kier molecular flexibility index (Phi) is 9.77. The van der Waals surface area contributed by atoms with Crippen LogP contribution in [0.15, 0.2) is 48.0 Å². The molecule has 2 atom stereocenters. The van der Waals surface area contributed by atoms with Crippen LogP contribution < -0.4 is 20.1 Å². The summed E-state index contributed by atoms with van der Waals surface area (Å²) in [5.74, 6) is -0.236. The quantitative estimate of drug-likeness (QED) is 0.320. The average Bonchev–Trinajstić information content (AvgIpc) is 2.88. The molecule has 0 aromatic heterocycles. The van der Waals surface area contributed by atoms with E-state index in [4.69, 9.17) is 9.47 Å². The predicted octanol–water partition coefficient (Wildman–Crippen LogP) is 5.72. The van der Waals surface area contributed by atoms with Crippen LogP contribution in [0.2, 0.25) is 0 Å². The highest BCUT2D eigenvalue weighted by Crippen LogP contribution is 2.31. The molecule has 0 heterocycles. The monoisotopic (exact) mass is 529 g/mol. The molecule has 0 spiro atoms. The van der Waals surface area contributed by atoms with Gasteiger partial charge >= 0.3 is 6.18 Å². The number of anilines is 1. The minimum atomic E-state index is -4.53. The molecule has 0 aliphatic heterocycles. The zero-order valence-corrected chi connectivity index (χ0v) is 21.2. The lowest BCUT2D eigenvalue weighted by Gasteiger charge is -2.29. The Balaban J connectivity index is 1.67. The number of rotatable bonds is 9. The maximum absolute atomic E-state index is 12.9. The van der Waals surface area contributed by atoms with E-state index in [1.165, 1.54) is 24.3 Å². The number of nitriles is 1. The molecule has 1 fully saturated rings. The molecule has 1 aliphatic rings. The van der Waals surface area contributed by atoms with Gasteiger partial charge in [0, 0.05) is 11.7 Å². The normalized spacial score (nSPS) is 17.7. The topological polar surface area (TPSA) is 100 Å². The van der Waals surface area contributed by atoms with Gasteiger partial charge in [0.05, 0.1) is 12.2 Å². The van der Waals surface area contributed by atoms with Crippen molar-refractivity contribution in [3.8, 4) is 17.6 Å². The highest BCUT2D eigenvalue weighted by Gasteiger charge is 2.30. The lowest BCUT2D eigenvalue weighted by Crippen LogP contribution is -2.41. The van der Waals surface area contributed by atoms with Crippen molar-refractivity contribution in [3.63, 3.8) is 0 Å². The van der Waals surface area contributed by atoms with Gasteiger partial charge in [-0.25, -0.2) is 0 Å². The van der Waals surface area contributed by atoms with Crippen molar-refractivity contribution in [2.75, 3.05) is 18.5 Å². The average molecular weight is 530 g/mol. The highest BCUT2D eigenvalue weighted by molar-refractivity contribution is 6.02.